The number of hydrogen-bond acceptors (Lipinski definition) is 6. The van der Waals surface area contributed by atoms with Crippen molar-refractivity contribution in [1.29, 1.82) is 0 Å². The van der Waals surface area contributed by atoms with Gasteiger partial charge in [-0.05, 0) is 41.3 Å². The number of ether oxygens (including phenoxy) is 3. The highest BCUT2D eigenvalue weighted by molar-refractivity contribution is 7.15. The van der Waals surface area contributed by atoms with Crippen molar-refractivity contribution in [2.24, 2.45) is 5.92 Å². The van der Waals surface area contributed by atoms with E-state index in [0.717, 1.165) is 10.4 Å². The second kappa shape index (κ2) is 9.77. The lowest BCUT2D eigenvalue weighted by molar-refractivity contribution is -0.116. The van der Waals surface area contributed by atoms with Gasteiger partial charge in [0.15, 0.2) is 11.5 Å². The Labute approximate surface area is 202 Å². The average Bonchev–Trinajstić information content (AvgIpc) is 3.21. The molecule has 1 aliphatic rings. The number of carboxylic acids is 1. The molecule has 1 atom stereocenters. The Morgan fingerprint density at radius 2 is 1.85 bits per heavy atom. The molecule has 2 heterocycles. The van der Waals surface area contributed by atoms with Gasteiger partial charge in [0.2, 0.25) is 5.91 Å². The summed E-state index contributed by atoms with van der Waals surface area (Å²) in [4.78, 5) is 25.9. The number of fused-ring (bicyclic) bond motifs is 1. The summed E-state index contributed by atoms with van der Waals surface area (Å²) in [5.74, 6) is 0.749. The molecule has 0 spiro atoms. The number of methoxy groups -OCH3 is 2. The number of nitrogens with one attached hydrogen (secondary N) is 1. The number of carboxylic acid groups (broad SMARTS) is 1. The molecule has 2 N–H and O–H groups in total. The topological polar surface area (TPSA) is 94.1 Å². The molecular weight excluding hydrogens is 454 g/mol. The third kappa shape index (κ3) is 4.59. The molecule has 7 nitrogen and oxygen atoms in total. The number of hydrogen-bond donors (Lipinski definition) is 2. The van der Waals surface area contributed by atoms with Crippen molar-refractivity contribution >= 4 is 28.9 Å². The highest BCUT2D eigenvalue weighted by atomic mass is 32.1. The molecule has 0 bridgehead atoms. The predicted octanol–water partition coefficient (Wildman–Crippen LogP) is 5.64. The van der Waals surface area contributed by atoms with Gasteiger partial charge in [0.05, 0.1) is 26.5 Å². The van der Waals surface area contributed by atoms with Crippen LogP contribution in [0.5, 0.6) is 17.2 Å². The van der Waals surface area contributed by atoms with Crippen molar-refractivity contribution in [3.63, 3.8) is 0 Å². The molecule has 3 aromatic rings. The molecule has 0 saturated carbocycles. The third-order valence-electron chi connectivity index (χ3n) is 5.64. The fourth-order valence-electron chi connectivity index (χ4n) is 4.02. The summed E-state index contributed by atoms with van der Waals surface area (Å²) in [6.45, 7) is 4.70. The van der Waals surface area contributed by atoms with E-state index < -0.39 is 5.97 Å². The number of carbonyl (C=O) groups is 2. The number of amides is 1. The quantitative estimate of drug-likeness (QED) is 0.432. The molecule has 1 aromatic heterocycles. The van der Waals surface area contributed by atoms with Crippen LogP contribution in [0.2, 0.25) is 0 Å². The minimum atomic E-state index is -1.03. The van der Waals surface area contributed by atoms with E-state index in [4.69, 9.17) is 14.2 Å². The zero-order chi connectivity index (χ0) is 24.4. The Kier molecular flexibility index (Phi) is 6.79. The molecule has 1 unspecified atom stereocenters. The number of anilines is 1. The summed E-state index contributed by atoms with van der Waals surface area (Å²) < 4.78 is 16.6. The highest BCUT2D eigenvalue weighted by Crippen LogP contribution is 2.50. The van der Waals surface area contributed by atoms with Crippen molar-refractivity contribution in [3.05, 3.63) is 57.8 Å². The van der Waals surface area contributed by atoms with E-state index in [2.05, 4.69) is 19.2 Å². The molecule has 0 aliphatic carbocycles. The average molecular weight is 482 g/mol. The largest absolute Gasteiger partial charge is 0.497 e. The maximum absolute atomic E-state index is 12.7. The van der Waals surface area contributed by atoms with Crippen molar-refractivity contribution < 1.29 is 28.9 Å². The van der Waals surface area contributed by atoms with Gasteiger partial charge in [0, 0.05) is 22.8 Å². The minimum absolute atomic E-state index is 0.166. The van der Waals surface area contributed by atoms with Crippen LogP contribution >= 0.6 is 11.3 Å². The van der Waals surface area contributed by atoms with Crippen LogP contribution in [0.4, 0.5) is 5.69 Å². The SMILES string of the molecule is COc1ccc(-c2c(C(=O)O)sc3c2NC(=O)CC3c2ccc(OCC(C)C)c(OC)c2)cc1. The molecule has 2 aromatic carbocycles. The van der Waals surface area contributed by atoms with Crippen LogP contribution < -0.4 is 19.5 Å². The number of aromatic carboxylic acids is 1. The maximum Gasteiger partial charge on any atom is 0.346 e. The summed E-state index contributed by atoms with van der Waals surface area (Å²) in [6.07, 6.45) is 0.212. The van der Waals surface area contributed by atoms with Crippen molar-refractivity contribution in [2.75, 3.05) is 26.1 Å². The van der Waals surface area contributed by atoms with Gasteiger partial charge in [-0.15, -0.1) is 11.3 Å². The van der Waals surface area contributed by atoms with Crippen molar-refractivity contribution in [1.82, 2.24) is 0 Å². The van der Waals surface area contributed by atoms with Gasteiger partial charge in [0.1, 0.15) is 10.6 Å². The molecule has 178 valence electrons. The molecule has 1 aliphatic heterocycles. The smallest absolute Gasteiger partial charge is 0.346 e. The van der Waals surface area contributed by atoms with Crippen LogP contribution in [0.15, 0.2) is 42.5 Å². The van der Waals surface area contributed by atoms with E-state index in [1.165, 1.54) is 11.3 Å². The summed E-state index contributed by atoms with van der Waals surface area (Å²) in [6, 6.07) is 12.8. The van der Waals surface area contributed by atoms with Crippen LogP contribution in [0.25, 0.3) is 11.1 Å². The normalized spacial score (nSPS) is 15.0. The fourth-order valence-corrected chi connectivity index (χ4v) is 5.26. The number of carbonyl (C=O) groups excluding carboxylic acids is 1. The molecule has 8 heteroatoms. The first kappa shape index (κ1) is 23.6. The third-order valence-corrected chi connectivity index (χ3v) is 6.93. The second-order valence-electron chi connectivity index (χ2n) is 8.50. The summed E-state index contributed by atoms with van der Waals surface area (Å²) in [5.41, 5.74) is 2.63. The zero-order valence-electron chi connectivity index (χ0n) is 19.5. The Morgan fingerprint density at radius 1 is 1.12 bits per heavy atom. The monoisotopic (exact) mass is 481 g/mol. The van der Waals surface area contributed by atoms with Crippen molar-refractivity contribution in [3.8, 4) is 28.4 Å². The van der Waals surface area contributed by atoms with Crippen LogP contribution in [-0.2, 0) is 4.79 Å². The van der Waals surface area contributed by atoms with E-state index >= 15 is 0 Å². The van der Waals surface area contributed by atoms with Crippen LogP contribution in [0, 0.1) is 5.92 Å². The van der Waals surface area contributed by atoms with E-state index in [9.17, 15) is 14.7 Å². The second-order valence-corrected chi connectivity index (χ2v) is 9.55. The first-order valence-corrected chi connectivity index (χ1v) is 11.8. The van der Waals surface area contributed by atoms with Gasteiger partial charge >= 0.3 is 5.97 Å². The van der Waals surface area contributed by atoms with E-state index in [1.807, 2.05) is 18.2 Å². The van der Waals surface area contributed by atoms with E-state index in [0.29, 0.717) is 46.6 Å². The standard InChI is InChI=1S/C26H27NO6S/c1-14(2)13-33-19-10-7-16(11-20(19)32-4)18-12-21(28)27-23-22(25(26(29)30)34-24(18)23)15-5-8-17(31-3)9-6-15/h5-11,14,18H,12-13H2,1-4H3,(H,27,28)(H,29,30). The first-order chi connectivity index (χ1) is 16.3. The van der Waals surface area contributed by atoms with Gasteiger partial charge in [-0.25, -0.2) is 4.79 Å². The Morgan fingerprint density at radius 3 is 2.47 bits per heavy atom. The predicted molar refractivity (Wildman–Crippen MR) is 132 cm³/mol. The van der Waals surface area contributed by atoms with Crippen LogP contribution in [0.3, 0.4) is 0 Å². The molecule has 0 radical (unpaired) electrons. The zero-order valence-corrected chi connectivity index (χ0v) is 20.3. The summed E-state index contributed by atoms with van der Waals surface area (Å²) in [7, 11) is 3.15. The van der Waals surface area contributed by atoms with E-state index in [1.54, 1.807) is 38.5 Å². The Bertz CT molecular complexity index is 1210. The molecule has 34 heavy (non-hydrogen) atoms. The fraction of sp³-hybridized carbons (Fsp3) is 0.308. The maximum atomic E-state index is 12.7. The van der Waals surface area contributed by atoms with Gasteiger partial charge in [0.25, 0.3) is 0 Å². The lowest BCUT2D eigenvalue weighted by atomic mass is 9.88. The Hall–Kier alpha value is -3.52. The molecule has 1 amide bonds. The highest BCUT2D eigenvalue weighted by Gasteiger charge is 2.34. The first-order valence-electron chi connectivity index (χ1n) is 11.0. The Balaban J connectivity index is 1.80. The van der Waals surface area contributed by atoms with Gasteiger partial charge in [-0.3, -0.25) is 4.79 Å². The van der Waals surface area contributed by atoms with Crippen molar-refractivity contribution in [2.45, 2.75) is 26.2 Å². The minimum Gasteiger partial charge on any atom is -0.497 e. The van der Waals surface area contributed by atoms with Gasteiger partial charge in [-0.2, -0.15) is 0 Å². The number of benzene rings is 2. The lowest BCUT2D eigenvalue weighted by Crippen LogP contribution is -2.22. The number of rotatable bonds is 8. The molecule has 0 fully saturated rings. The van der Waals surface area contributed by atoms with Crippen LogP contribution in [-0.4, -0.2) is 37.8 Å². The lowest BCUT2D eigenvalue weighted by Gasteiger charge is -2.24. The molecule has 0 saturated heterocycles. The van der Waals surface area contributed by atoms with Gasteiger partial charge < -0.3 is 24.6 Å². The van der Waals surface area contributed by atoms with E-state index in [-0.39, 0.29) is 23.1 Å². The molecule has 4 rings (SSSR count). The number of thiophene rings is 1. The van der Waals surface area contributed by atoms with Crippen LogP contribution in [0.1, 0.15) is 46.3 Å². The van der Waals surface area contributed by atoms with Gasteiger partial charge in [-0.1, -0.05) is 32.0 Å². The summed E-state index contributed by atoms with van der Waals surface area (Å²) in [5, 5.41) is 12.9. The molecular formula is C26H27NO6S. The summed E-state index contributed by atoms with van der Waals surface area (Å²) >= 11 is 1.19.